The highest BCUT2D eigenvalue weighted by molar-refractivity contribution is 5.97. The summed E-state index contributed by atoms with van der Waals surface area (Å²) in [6.45, 7) is 2.34. The van der Waals surface area contributed by atoms with Crippen LogP contribution in [0.2, 0.25) is 0 Å². The Balaban J connectivity index is 1.77. The smallest absolute Gasteiger partial charge is 0.248 e. The number of halogens is 1. The molecule has 2 heterocycles. The number of carbonyl (C=O) groups excluding carboxylic acids is 3. The Morgan fingerprint density at radius 1 is 1.52 bits per heavy atom. The minimum Gasteiger partial charge on any atom is -0.330 e. The van der Waals surface area contributed by atoms with E-state index in [4.69, 9.17) is 0 Å². The van der Waals surface area contributed by atoms with Gasteiger partial charge < -0.3 is 10.2 Å². The predicted octanol–water partition coefficient (Wildman–Crippen LogP) is 2.19. The van der Waals surface area contributed by atoms with Crippen molar-refractivity contribution in [2.75, 3.05) is 18.4 Å². The van der Waals surface area contributed by atoms with Crippen LogP contribution in [-0.4, -0.2) is 57.5 Å². The zero-order valence-electron chi connectivity index (χ0n) is 16.5. The van der Waals surface area contributed by atoms with E-state index in [1.54, 1.807) is 4.90 Å². The summed E-state index contributed by atoms with van der Waals surface area (Å²) < 4.78 is 13.9. The lowest BCUT2D eigenvalue weighted by molar-refractivity contribution is -0.157. The van der Waals surface area contributed by atoms with E-state index in [0.717, 1.165) is 25.7 Å². The highest BCUT2D eigenvalue weighted by atomic mass is 19.1. The molecule has 0 unspecified atom stereocenters. The molecule has 8 nitrogen and oxygen atoms in total. The molecule has 3 amide bonds. The molecule has 3 rings (SSSR count). The van der Waals surface area contributed by atoms with E-state index in [2.05, 4.69) is 10.3 Å². The van der Waals surface area contributed by atoms with Crippen molar-refractivity contribution in [3.05, 3.63) is 24.1 Å². The Morgan fingerprint density at radius 3 is 2.90 bits per heavy atom. The molecule has 1 saturated heterocycles. The van der Waals surface area contributed by atoms with Gasteiger partial charge in [-0.25, -0.2) is 14.4 Å². The van der Waals surface area contributed by atoms with Gasteiger partial charge in [-0.2, -0.15) is 0 Å². The number of nitrogens with one attached hydrogen (secondary N) is 1. The third kappa shape index (κ3) is 4.90. The Hall–Kier alpha value is -2.55. The van der Waals surface area contributed by atoms with Gasteiger partial charge in [0.2, 0.25) is 18.2 Å². The molecule has 2 N–H and O–H groups in total. The third-order valence-corrected chi connectivity index (χ3v) is 5.84. The lowest BCUT2D eigenvalue weighted by Gasteiger charge is -2.29. The summed E-state index contributed by atoms with van der Waals surface area (Å²) in [4.78, 5) is 42.4. The maximum Gasteiger partial charge on any atom is 0.248 e. The maximum absolute atomic E-state index is 13.9. The summed E-state index contributed by atoms with van der Waals surface area (Å²) in [5.74, 6) is -2.12. The number of rotatable bonds is 9. The zero-order valence-corrected chi connectivity index (χ0v) is 16.5. The van der Waals surface area contributed by atoms with Crippen LogP contribution in [0.1, 0.15) is 45.4 Å². The quantitative estimate of drug-likeness (QED) is 0.372. The second-order valence-electron chi connectivity index (χ2n) is 8.08. The summed E-state index contributed by atoms with van der Waals surface area (Å²) >= 11 is 0. The van der Waals surface area contributed by atoms with Gasteiger partial charge in [0.25, 0.3) is 0 Å². The number of hydroxylamine groups is 2. The summed E-state index contributed by atoms with van der Waals surface area (Å²) in [7, 11) is 0. The van der Waals surface area contributed by atoms with Crippen LogP contribution in [0.15, 0.2) is 18.3 Å². The van der Waals surface area contributed by atoms with E-state index in [1.165, 1.54) is 18.3 Å². The molecule has 29 heavy (non-hydrogen) atoms. The lowest BCUT2D eigenvalue weighted by Crippen LogP contribution is -2.47. The van der Waals surface area contributed by atoms with E-state index < -0.39 is 23.7 Å². The molecule has 1 aromatic rings. The summed E-state index contributed by atoms with van der Waals surface area (Å²) in [5.41, 5.74) is -0.0564. The molecule has 2 atom stereocenters. The lowest BCUT2D eigenvalue weighted by atomic mass is 9.99. The van der Waals surface area contributed by atoms with Crippen LogP contribution in [-0.2, 0) is 14.4 Å². The number of unbranched alkanes of at least 4 members (excludes halogenated alkanes) is 1. The van der Waals surface area contributed by atoms with Gasteiger partial charge in [-0.1, -0.05) is 19.8 Å². The van der Waals surface area contributed by atoms with Crippen LogP contribution in [0.25, 0.3) is 0 Å². The molecule has 1 aliphatic heterocycles. The van der Waals surface area contributed by atoms with E-state index in [9.17, 15) is 24.0 Å². The van der Waals surface area contributed by atoms with Gasteiger partial charge in [-0.15, -0.1) is 0 Å². The molecule has 2 fully saturated rings. The minimum absolute atomic E-state index is 0.0564. The first-order valence-corrected chi connectivity index (χ1v) is 10.0. The van der Waals surface area contributed by atoms with Gasteiger partial charge in [-0.05, 0) is 43.2 Å². The fourth-order valence-electron chi connectivity index (χ4n) is 3.99. The zero-order chi connectivity index (χ0) is 21.0. The van der Waals surface area contributed by atoms with Gasteiger partial charge >= 0.3 is 0 Å². The van der Waals surface area contributed by atoms with Gasteiger partial charge in [0.05, 0.1) is 12.5 Å². The molecule has 1 aromatic heterocycles. The van der Waals surface area contributed by atoms with Crippen molar-refractivity contribution >= 4 is 24.0 Å². The fraction of sp³-hybridized carbons (Fsp3) is 0.600. The highest BCUT2D eigenvalue weighted by Gasteiger charge is 2.55. The van der Waals surface area contributed by atoms with Crippen LogP contribution < -0.4 is 5.32 Å². The largest absolute Gasteiger partial charge is 0.330 e. The topological polar surface area (TPSA) is 103 Å². The number of hydrogen-bond donors (Lipinski definition) is 2. The van der Waals surface area contributed by atoms with Crippen LogP contribution >= 0.6 is 0 Å². The molecule has 158 valence electrons. The van der Waals surface area contributed by atoms with Crippen molar-refractivity contribution in [1.29, 1.82) is 0 Å². The molecular weight excluding hydrogens is 379 g/mol. The molecule has 2 aliphatic rings. The molecule has 0 radical (unpaired) electrons. The molecule has 0 aromatic carbocycles. The van der Waals surface area contributed by atoms with Gasteiger partial charge in [0.1, 0.15) is 6.04 Å². The second kappa shape index (κ2) is 8.86. The number of likely N-dealkylation sites (tertiary alicyclic amines) is 1. The van der Waals surface area contributed by atoms with Crippen LogP contribution in [0.3, 0.4) is 0 Å². The monoisotopic (exact) mass is 406 g/mol. The van der Waals surface area contributed by atoms with Gasteiger partial charge in [0, 0.05) is 12.7 Å². The van der Waals surface area contributed by atoms with Crippen molar-refractivity contribution < 1.29 is 24.0 Å². The number of amides is 3. The van der Waals surface area contributed by atoms with Crippen molar-refractivity contribution in [1.82, 2.24) is 14.9 Å². The number of hydrogen-bond acceptors (Lipinski definition) is 5. The average molecular weight is 406 g/mol. The molecule has 1 aliphatic carbocycles. The summed E-state index contributed by atoms with van der Waals surface area (Å²) in [6.07, 6.45) is 6.20. The number of aromatic nitrogens is 1. The van der Waals surface area contributed by atoms with Crippen LogP contribution in [0.4, 0.5) is 10.2 Å². The average Bonchev–Trinajstić information content (AvgIpc) is 3.36. The number of anilines is 1. The molecule has 1 spiro atoms. The van der Waals surface area contributed by atoms with Crippen LogP contribution in [0, 0.1) is 17.2 Å². The summed E-state index contributed by atoms with van der Waals surface area (Å²) in [5, 5.41) is 12.6. The van der Waals surface area contributed by atoms with Gasteiger partial charge in [-0.3, -0.25) is 19.6 Å². The van der Waals surface area contributed by atoms with Crippen molar-refractivity contribution in [3.8, 4) is 0 Å². The Labute approximate surface area is 169 Å². The fourth-order valence-corrected chi connectivity index (χ4v) is 3.99. The molecular formula is C20H27FN4O4. The number of carbonyl (C=O) groups is 3. The van der Waals surface area contributed by atoms with E-state index in [1.807, 2.05) is 6.92 Å². The SMILES string of the molecule is CCCC[C@H](CN(O)C=O)C(=O)N1CC2(CC2)C[C@H]1C(=O)Nc1ncccc1F. The molecule has 0 bridgehead atoms. The van der Waals surface area contributed by atoms with Crippen molar-refractivity contribution in [2.24, 2.45) is 11.3 Å². The molecule has 1 saturated carbocycles. The predicted molar refractivity (Wildman–Crippen MR) is 102 cm³/mol. The Morgan fingerprint density at radius 2 is 2.28 bits per heavy atom. The molecule has 9 heteroatoms. The van der Waals surface area contributed by atoms with Crippen molar-refractivity contribution in [2.45, 2.75) is 51.5 Å². The van der Waals surface area contributed by atoms with Gasteiger partial charge in [0.15, 0.2) is 11.6 Å². The second-order valence-corrected chi connectivity index (χ2v) is 8.08. The minimum atomic E-state index is -0.723. The number of pyridine rings is 1. The first kappa shape index (κ1) is 21.2. The Kier molecular flexibility index (Phi) is 6.46. The van der Waals surface area contributed by atoms with Crippen LogP contribution in [0.5, 0.6) is 0 Å². The van der Waals surface area contributed by atoms with E-state index in [-0.39, 0.29) is 30.1 Å². The Bertz CT molecular complexity index is 771. The number of nitrogens with zero attached hydrogens (tertiary/aromatic N) is 3. The highest BCUT2D eigenvalue weighted by Crippen LogP contribution is 2.55. The summed E-state index contributed by atoms with van der Waals surface area (Å²) in [6, 6.07) is 1.92. The van der Waals surface area contributed by atoms with E-state index >= 15 is 0 Å². The van der Waals surface area contributed by atoms with Crippen molar-refractivity contribution in [3.63, 3.8) is 0 Å². The first-order chi connectivity index (χ1) is 13.9. The maximum atomic E-state index is 13.9. The first-order valence-electron chi connectivity index (χ1n) is 10.0. The normalized spacial score (nSPS) is 20.4. The van der Waals surface area contributed by atoms with E-state index in [0.29, 0.717) is 24.4 Å². The third-order valence-electron chi connectivity index (χ3n) is 5.84. The standard InChI is InChI=1S/C20H27FN4O4/c1-2-3-5-14(11-24(29)13-26)19(28)25-12-20(7-8-20)10-16(25)18(27)23-17-15(21)6-4-9-22-17/h4,6,9,13-14,16,29H,2-3,5,7-8,10-12H2,1H3,(H,22,23,27)/t14-,16+/m1/s1.